The predicted molar refractivity (Wildman–Crippen MR) is 78.6 cm³/mol. The van der Waals surface area contributed by atoms with E-state index in [0.29, 0.717) is 11.6 Å². The average Bonchev–Trinajstić information content (AvgIpc) is 3.08. The first-order valence-corrected chi connectivity index (χ1v) is 7.29. The SMILES string of the molecule is COc1c(NN)ncnc1N(C)CC1CC2CCC1C2. The van der Waals surface area contributed by atoms with Crippen LogP contribution in [0.2, 0.25) is 0 Å². The molecule has 2 bridgehead atoms. The number of anilines is 2. The first-order chi connectivity index (χ1) is 9.72. The molecular weight excluding hydrogens is 254 g/mol. The van der Waals surface area contributed by atoms with E-state index in [-0.39, 0.29) is 0 Å². The van der Waals surface area contributed by atoms with Crippen LogP contribution in [0, 0.1) is 17.8 Å². The molecule has 3 unspecified atom stereocenters. The van der Waals surface area contributed by atoms with Crippen molar-refractivity contribution < 1.29 is 4.74 Å². The number of nitrogen functional groups attached to an aromatic ring is 1. The molecule has 1 aromatic rings. The number of aromatic nitrogens is 2. The number of hydrazine groups is 1. The number of hydrogen-bond donors (Lipinski definition) is 2. The molecule has 0 saturated heterocycles. The molecule has 20 heavy (non-hydrogen) atoms. The second-order valence-electron chi connectivity index (χ2n) is 6.04. The third-order valence-electron chi connectivity index (χ3n) is 4.88. The van der Waals surface area contributed by atoms with E-state index in [4.69, 9.17) is 10.6 Å². The van der Waals surface area contributed by atoms with Crippen molar-refractivity contribution in [3.8, 4) is 5.75 Å². The maximum Gasteiger partial charge on any atom is 0.205 e. The van der Waals surface area contributed by atoms with E-state index >= 15 is 0 Å². The zero-order valence-electron chi connectivity index (χ0n) is 12.2. The van der Waals surface area contributed by atoms with Crippen LogP contribution < -0.4 is 20.9 Å². The van der Waals surface area contributed by atoms with Gasteiger partial charge >= 0.3 is 0 Å². The van der Waals surface area contributed by atoms with Crippen LogP contribution in [-0.2, 0) is 0 Å². The lowest BCUT2D eigenvalue weighted by Crippen LogP contribution is -2.29. The minimum absolute atomic E-state index is 0.525. The molecular formula is C14H23N5O. The third kappa shape index (κ3) is 2.28. The molecule has 6 nitrogen and oxygen atoms in total. The quantitative estimate of drug-likeness (QED) is 0.629. The summed E-state index contributed by atoms with van der Waals surface area (Å²) in [7, 11) is 3.69. The summed E-state index contributed by atoms with van der Waals surface area (Å²) in [6, 6.07) is 0. The van der Waals surface area contributed by atoms with Gasteiger partial charge in [-0.15, -0.1) is 0 Å². The first-order valence-electron chi connectivity index (χ1n) is 7.29. The van der Waals surface area contributed by atoms with E-state index in [9.17, 15) is 0 Å². The van der Waals surface area contributed by atoms with Crippen LogP contribution in [0.15, 0.2) is 6.33 Å². The number of nitrogens with zero attached hydrogens (tertiary/aromatic N) is 3. The molecule has 2 aliphatic rings. The second kappa shape index (κ2) is 5.44. The fourth-order valence-electron chi connectivity index (χ4n) is 3.97. The molecule has 3 rings (SSSR count). The highest BCUT2D eigenvalue weighted by Gasteiger charge is 2.40. The smallest absolute Gasteiger partial charge is 0.205 e. The number of rotatable bonds is 5. The van der Waals surface area contributed by atoms with E-state index in [1.165, 1.54) is 32.0 Å². The normalized spacial score (nSPS) is 27.6. The Balaban J connectivity index is 1.75. The zero-order chi connectivity index (χ0) is 14.1. The van der Waals surface area contributed by atoms with Crippen LogP contribution in [0.4, 0.5) is 11.6 Å². The van der Waals surface area contributed by atoms with Crippen molar-refractivity contribution >= 4 is 11.6 Å². The van der Waals surface area contributed by atoms with Gasteiger partial charge in [-0.1, -0.05) is 6.42 Å². The van der Waals surface area contributed by atoms with E-state index in [1.54, 1.807) is 7.11 Å². The molecule has 3 N–H and O–H groups in total. The summed E-state index contributed by atoms with van der Waals surface area (Å²) in [5, 5.41) is 0. The van der Waals surface area contributed by atoms with Gasteiger partial charge in [0.25, 0.3) is 0 Å². The molecule has 110 valence electrons. The van der Waals surface area contributed by atoms with Crippen molar-refractivity contribution in [2.45, 2.75) is 25.7 Å². The number of fused-ring (bicyclic) bond motifs is 2. The molecule has 6 heteroatoms. The van der Waals surface area contributed by atoms with Gasteiger partial charge in [-0.2, -0.15) is 0 Å². The van der Waals surface area contributed by atoms with Crippen molar-refractivity contribution in [2.24, 2.45) is 23.6 Å². The van der Waals surface area contributed by atoms with Gasteiger partial charge in [0, 0.05) is 13.6 Å². The maximum atomic E-state index is 5.47. The molecule has 0 aromatic carbocycles. The molecule has 3 atom stereocenters. The monoisotopic (exact) mass is 277 g/mol. The molecule has 0 amide bonds. The Morgan fingerprint density at radius 1 is 1.40 bits per heavy atom. The summed E-state index contributed by atoms with van der Waals surface area (Å²) in [6.07, 6.45) is 7.15. The van der Waals surface area contributed by atoms with Crippen LogP contribution in [0.5, 0.6) is 5.75 Å². The van der Waals surface area contributed by atoms with Gasteiger partial charge in [-0.25, -0.2) is 15.8 Å². The lowest BCUT2D eigenvalue weighted by atomic mass is 9.88. The average molecular weight is 277 g/mol. The van der Waals surface area contributed by atoms with Gasteiger partial charge in [0.1, 0.15) is 6.33 Å². The Kier molecular flexibility index (Phi) is 3.65. The zero-order valence-corrected chi connectivity index (χ0v) is 12.2. The van der Waals surface area contributed by atoms with Crippen LogP contribution in [0.1, 0.15) is 25.7 Å². The first kappa shape index (κ1) is 13.4. The molecule has 0 spiro atoms. The highest BCUT2D eigenvalue weighted by Crippen LogP contribution is 2.48. The number of nitrogens with two attached hydrogens (primary N) is 1. The molecule has 2 saturated carbocycles. The standard InChI is InChI=1S/C14H23N5O/c1-19(7-11-6-9-3-4-10(11)5-9)14-12(20-2)13(18-15)16-8-17-14/h8-11H,3-7,15H2,1-2H3,(H,16,17,18). The Hall–Kier alpha value is -1.56. The number of ether oxygens (including phenoxy) is 1. The van der Waals surface area contributed by atoms with Gasteiger partial charge in [-0.3, -0.25) is 0 Å². The molecule has 0 aliphatic heterocycles. The Morgan fingerprint density at radius 2 is 2.25 bits per heavy atom. The third-order valence-corrected chi connectivity index (χ3v) is 4.88. The van der Waals surface area contributed by atoms with Crippen molar-refractivity contribution in [3.05, 3.63) is 6.33 Å². The Morgan fingerprint density at radius 3 is 2.85 bits per heavy atom. The van der Waals surface area contributed by atoms with E-state index < -0.39 is 0 Å². The van der Waals surface area contributed by atoms with Gasteiger partial charge < -0.3 is 15.1 Å². The minimum Gasteiger partial charge on any atom is -0.490 e. The van der Waals surface area contributed by atoms with Gasteiger partial charge in [0.15, 0.2) is 11.6 Å². The number of nitrogens with one attached hydrogen (secondary N) is 1. The lowest BCUT2D eigenvalue weighted by Gasteiger charge is -2.28. The number of hydrogen-bond acceptors (Lipinski definition) is 6. The van der Waals surface area contributed by atoms with Crippen LogP contribution in [0.25, 0.3) is 0 Å². The van der Waals surface area contributed by atoms with Gasteiger partial charge in [0.2, 0.25) is 5.75 Å². The number of methoxy groups -OCH3 is 1. The summed E-state index contributed by atoms with van der Waals surface area (Å²) in [5.41, 5.74) is 2.56. The summed E-state index contributed by atoms with van der Waals surface area (Å²) in [4.78, 5) is 10.6. The van der Waals surface area contributed by atoms with Crippen LogP contribution in [-0.4, -0.2) is 30.7 Å². The minimum atomic E-state index is 0.525. The summed E-state index contributed by atoms with van der Waals surface area (Å²) >= 11 is 0. The fourth-order valence-corrected chi connectivity index (χ4v) is 3.97. The summed E-state index contributed by atoms with van der Waals surface area (Å²) in [6.45, 7) is 1.03. The molecule has 2 aliphatic carbocycles. The van der Waals surface area contributed by atoms with Gasteiger partial charge in [0.05, 0.1) is 7.11 Å². The molecule has 1 aromatic heterocycles. The topological polar surface area (TPSA) is 76.3 Å². The lowest BCUT2D eigenvalue weighted by molar-refractivity contribution is 0.335. The highest BCUT2D eigenvalue weighted by molar-refractivity contribution is 5.64. The maximum absolute atomic E-state index is 5.47. The van der Waals surface area contributed by atoms with E-state index in [2.05, 4.69) is 27.3 Å². The summed E-state index contributed by atoms with van der Waals surface area (Å²) < 4.78 is 5.41. The van der Waals surface area contributed by atoms with Crippen molar-refractivity contribution in [2.75, 3.05) is 31.0 Å². The van der Waals surface area contributed by atoms with E-state index in [0.717, 1.165) is 30.1 Å². The van der Waals surface area contributed by atoms with Crippen molar-refractivity contribution in [1.82, 2.24) is 9.97 Å². The predicted octanol–water partition coefficient (Wildman–Crippen LogP) is 1.64. The Labute approximate surface area is 119 Å². The van der Waals surface area contributed by atoms with Crippen molar-refractivity contribution in [3.63, 3.8) is 0 Å². The largest absolute Gasteiger partial charge is 0.490 e. The molecule has 1 heterocycles. The second-order valence-corrected chi connectivity index (χ2v) is 6.04. The highest BCUT2D eigenvalue weighted by atomic mass is 16.5. The fraction of sp³-hybridized carbons (Fsp3) is 0.714. The molecule has 0 radical (unpaired) electrons. The van der Waals surface area contributed by atoms with E-state index in [1.807, 2.05) is 0 Å². The van der Waals surface area contributed by atoms with Gasteiger partial charge in [-0.05, 0) is 37.0 Å². The van der Waals surface area contributed by atoms with Crippen LogP contribution in [0.3, 0.4) is 0 Å². The van der Waals surface area contributed by atoms with Crippen molar-refractivity contribution in [1.29, 1.82) is 0 Å². The Bertz CT molecular complexity index is 481. The molecule has 2 fully saturated rings. The van der Waals surface area contributed by atoms with Crippen LogP contribution >= 0.6 is 0 Å². The summed E-state index contributed by atoms with van der Waals surface area (Å²) in [5.74, 6) is 10.1.